The predicted molar refractivity (Wildman–Crippen MR) is 61.6 cm³/mol. The number of hydrogen-bond donors (Lipinski definition) is 0. The van der Waals surface area contributed by atoms with Crippen LogP contribution in [0.3, 0.4) is 0 Å². The number of carbonyl (C=O) groups excluding carboxylic acids is 1. The Balaban J connectivity index is 2.61. The zero-order valence-electron chi connectivity index (χ0n) is 9.38. The maximum atomic E-state index is 11.7. The van der Waals surface area contributed by atoms with Crippen LogP contribution in [-0.2, 0) is 4.74 Å². The zero-order chi connectivity index (χ0) is 13.8. The Morgan fingerprint density at radius 2 is 2.00 bits per heavy atom. The molecule has 0 N–H and O–H groups in total. The van der Waals surface area contributed by atoms with Gasteiger partial charge in [0.05, 0.1) is 12.2 Å². The van der Waals surface area contributed by atoms with Gasteiger partial charge in [-0.2, -0.15) is 0 Å². The third-order valence-electron chi connectivity index (χ3n) is 1.93. The first-order chi connectivity index (χ1) is 8.29. The minimum atomic E-state index is -4.68. The minimum Gasteiger partial charge on any atom is -0.490 e. The van der Waals surface area contributed by atoms with Crippen molar-refractivity contribution < 1.29 is 27.4 Å². The number of ketones is 1. The molecule has 0 atom stereocenters. The van der Waals surface area contributed by atoms with E-state index >= 15 is 0 Å². The number of halogens is 4. The van der Waals surface area contributed by atoms with Crippen molar-refractivity contribution in [3.05, 3.63) is 28.2 Å². The Morgan fingerprint density at radius 1 is 1.33 bits per heavy atom. The summed E-state index contributed by atoms with van der Waals surface area (Å²) in [6.45, 7) is 0.423. The standard InChI is InChI=1S/C11H10BrF3O3/c1-7(16)9-3-2-8(12)6-10(9)17-4-5-18-11(13,14)15/h2-3,6H,4-5H2,1H3. The van der Waals surface area contributed by atoms with Gasteiger partial charge in [0, 0.05) is 4.47 Å². The highest BCUT2D eigenvalue weighted by molar-refractivity contribution is 9.10. The van der Waals surface area contributed by atoms with Crippen molar-refractivity contribution in [3.8, 4) is 5.75 Å². The molecule has 0 fully saturated rings. The summed E-state index contributed by atoms with van der Waals surface area (Å²) in [5.41, 5.74) is 0.310. The molecule has 0 spiro atoms. The van der Waals surface area contributed by atoms with Crippen LogP contribution < -0.4 is 4.74 Å². The predicted octanol–water partition coefficient (Wildman–Crippen LogP) is 3.57. The molecule has 0 amide bonds. The van der Waals surface area contributed by atoms with Gasteiger partial charge in [-0.3, -0.25) is 9.53 Å². The average molecular weight is 327 g/mol. The number of ether oxygens (including phenoxy) is 2. The second-order valence-corrected chi connectivity index (χ2v) is 4.26. The monoisotopic (exact) mass is 326 g/mol. The first-order valence-electron chi connectivity index (χ1n) is 4.93. The molecule has 3 nitrogen and oxygen atoms in total. The highest BCUT2D eigenvalue weighted by Gasteiger charge is 2.28. The van der Waals surface area contributed by atoms with E-state index in [9.17, 15) is 18.0 Å². The van der Waals surface area contributed by atoms with Crippen molar-refractivity contribution in [2.75, 3.05) is 13.2 Å². The fourth-order valence-electron chi connectivity index (χ4n) is 1.22. The second kappa shape index (κ2) is 6.19. The van der Waals surface area contributed by atoms with Crippen LogP contribution in [0.25, 0.3) is 0 Å². The van der Waals surface area contributed by atoms with Crippen molar-refractivity contribution in [2.24, 2.45) is 0 Å². The van der Waals surface area contributed by atoms with E-state index in [-0.39, 0.29) is 18.1 Å². The molecule has 0 aliphatic heterocycles. The number of rotatable bonds is 5. The van der Waals surface area contributed by atoms with Crippen molar-refractivity contribution in [2.45, 2.75) is 13.3 Å². The van der Waals surface area contributed by atoms with Gasteiger partial charge in [-0.15, -0.1) is 13.2 Å². The summed E-state index contributed by atoms with van der Waals surface area (Å²) in [5, 5.41) is 0. The van der Waals surface area contributed by atoms with Gasteiger partial charge in [0.1, 0.15) is 12.4 Å². The van der Waals surface area contributed by atoms with Gasteiger partial charge >= 0.3 is 6.36 Å². The molecule has 18 heavy (non-hydrogen) atoms. The van der Waals surface area contributed by atoms with Crippen molar-refractivity contribution in [1.29, 1.82) is 0 Å². The van der Waals surface area contributed by atoms with Crippen molar-refractivity contribution >= 4 is 21.7 Å². The largest absolute Gasteiger partial charge is 0.522 e. The number of alkyl halides is 3. The SMILES string of the molecule is CC(=O)c1ccc(Br)cc1OCCOC(F)(F)F. The van der Waals surface area contributed by atoms with Crippen LogP contribution in [0.15, 0.2) is 22.7 Å². The Bertz CT molecular complexity index is 432. The fraction of sp³-hybridized carbons (Fsp3) is 0.364. The van der Waals surface area contributed by atoms with Crippen molar-refractivity contribution in [1.82, 2.24) is 0 Å². The van der Waals surface area contributed by atoms with Crippen LogP contribution >= 0.6 is 15.9 Å². The lowest BCUT2D eigenvalue weighted by molar-refractivity contribution is -0.325. The average Bonchev–Trinajstić information content (AvgIpc) is 2.22. The Hall–Kier alpha value is -1.08. The topological polar surface area (TPSA) is 35.5 Å². The molecule has 7 heteroatoms. The van der Waals surface area contributed by atoms with Gasteiger partial charge in [-0.25, -0.2) is 0 Å². The molecule has 1 rings (SSSR count). The number of benzene rings is 1. The zero-order valence-corrected chi connectivity index (χ0v) is 11.0. The van der Waals surface area contributed by atoms with Gasteiger partial charge in [0.25, 0.3) is 0 Å². The van der Waals surface area contributed by atoms with Crippen LogP contribution in [0.2, 0.25) is 0 Å². The molecule has 0 aliphatic carbocycles. The van der Waals surface area contributed by atoms with Crippen LogP contribution in [0.4, 0.5) is 13.2 Å². The summed E-state index contributed by atoms with van der Waals surface area (Å²) in [6, 6.07) is 4.70. The summed E-state index contributed by atoms with van der Waals surface area (Å²) in [5.74, 6) is -0.00288. The minimum absolute atomic E-state index is 0.225. The normalized spacial score (nSPS) is 11.4. The van der Waals surface area contributed by atoms with Gasteiger partial charge in [-0.05, 0) is 25.1 Å². The maximum absolute atomic E-state index is 11.7. The fourth-order valence-corrected chi connectivity index (χ4v) is 1.56. The molecular weight excluding hydrogens is 317 g/mol. The van der Waals surface area contributed by atoms with E-state index in [0.29, 0.717) is 10.0 Å². The molecule has 0 saturated carbocycles. The van der Waals surface area contributed by atoms with Gasteiger partial charge in [-0.1, -0.05) is 15.9 Å². The number of hydrogen-bond acceptors (Lipinski definition) is 3. The van der Waals surface area contributed by atoms with E-state index in [2.05, 4.69) is 20.7 Å². The van der Waals surface area contributed by atoms with Gasteiger partial charge in [0.2, 0.25) is 0 Å². The van der Waals surface area contributed by atoms with Crippen LogP contribution in [-0.4, -0.2) is 25.4 Å². The molecule has 0 saturated heterocycles. The van der Waals surface area contributed by atoms with E-state index in [4.69, 9.17) is 4.74 Å². The first kappa shape index (κ1) is 15.0. The van der Waals surface area contributed by atoms with Gasteiger partial charge < -0.3 is 4.74 Å². The van der Waals surface area contributed by atoms with E-state index in [1.807, 2.05) is 0 Å². The molecule has 0 aliphatic rings. The molecule has 0 heterocycles. The summed E-state index contributed by atoms with van der Waals surface area (Å²) < 4.78 is 44.5. The lowest BCUT2D eigenvalue weighted by atomic mass is 10.1. The smallest absolute Gasteiger partial charge is 0.490 e. The number of carbonyl (C=O) groups is 1. The molecule has 1 aromatic carbocycles. The van der Waals surface area contributed by atoms with Gasteiger partial charge in [0.15, 0.2) is 5.78 Å². The molecule has 100 valence electrons. The lowest BCUT2D eigenvalue weighted by Gasteiger charge is -2.11. The van der Waals surface area contributed by atoms with E-state index < -0.39 is 13.0 Å². The highest BCUT2D eigenvalue weighted by atomic mass is 79.9. The molecule has 0 radical (unpaired) electrons. The third kappa shape index (κ3) is 5.05. The quantitative estimate of drug-likeness (QED) is 0.613. The van der Waals surface area contributed by atoms with Crippen LogP contribution in [0.5, 0.6) is 5.75 Å². The summed E-state index contributed by atoms with van der Waals surface area (Å²) in [4.78, 5) is 11.3. The maximum Gasteiger partial charge on any atom is 0.522 e. The Labute approximate surface area is 110 Å². The van der Waals surface area contributed by atoms with Crippen LogP contribution in [0, 0.1) is 0 Å². The van der Waals surface area contributed by atoms with E-state index in [1.54, 1.807) is 6.07 Å². The number of Topliss-reactive ketones (excluding diaryl/α,β-unsaturated/α-hetero) is 1. The Kier molecular flexibility index (Phi) is 5.15. The molecule has 0 unspecified atom stereocenters. The van der Waals surface area contributed by atoms with E-state index in [1.165, 1.54) is 19.1 Å². The van der Waals surface area contributed by atoms with E-state index in [0.717, 1.165) is 0 Å². The molecule has 0 bridgehead atoms. The second-order valence-electron chi connectivity index (χ2n) is 3.34. The first-order valence-corrected chi connectivity index (χ1v) is 5.73. The molecule has 1 aromatic rings. The summed E-state index contributed by atoms with van der Waals surface area (Å²) >= 11 is 3.18. The van der Waals surface area contributed by atoms with Crippen LogP contribution in [0.1, 0.15) is 17.3 Å². The van der Waals surface area contributed by atoms with Crippen molar-refractivity contribution in [3.63, 3.8) is 0 Å². The lowest BCUT2D eigenvalue weighted by Crippen LogP contribution is -2.18. The molecule has 0 aromatic heterocycles. The third-order valence-corrected chi connectivity index (χ3v) is 2.42. The Morgan fingerprint density at radius 3 is 2.56 bits per heavy atom. The molecular formula is C11H10BrF3O3. The summed E-state index contributed by atoms with van der Waals surface area (Å²) in [6.07, 6.45) is -4.68. The summed E-state index contributed by atoms with van der Waals surface area (Å²) in [7, 11) is 0. The highest BCUT2D eigenvalue weighted by Crippen LogP contribution is 2.24.